The molecule has 0 radical (unpaired) electrons. The van der Waals surface area contributed by atoms with Crippen molar-refractivity contribution in [1.82, 2.24) is 9.13 Å². The molecule has 2 aromatic heterocycles. The van der Waals surface area contributed by atoms with Gasteiger partial charge in [0.1, 0.15) is 5.82 Å². The molecule has 10 rings (SSSR count). The Balaban J connectivity index is 1.08. The highest BCUT2D eigenvalue weighted by Gasteiger charge is 2.16. The quantitative estimate of drug-likeness (QED) is 0.175. The van der Waals surface area contributed by atoms with Crippen LogP contribution in [0.5, 0.6) is 0 Å². The van der Waals surface area contributed by atoms with Gasteiger partial charge in [-0.25, -0.2) is 4.39 Å². The van der Waals surface area contributed by atoms with E-state index in [1.807, 2.05) is 12.1 Å². The van der Waals surface area contributed by atoms with Crippen LogP contribution in [0.15, 0.2) is 188 Å². The first-order valence-corrected chi connectivity index (χ1v) is 17.3. The van der Waals surface area contributed by atoms with E-state index in [1.165, 1.54) is 67.0 Å². The Hall–Kier alpha value is -6.71. The van der Waals surface area contributed by atoms with E-state index in [0.717, 1.165) is 33.5 Å². The van der Waals surface area contributed by atoms with Crippen molar-refractivity contribution in [3.63, 3.8) is 0 Å². The highest BCUT2D eigenvalue weighted by molar-refractivity contribution is 6.12. The lowest BCUT2D eigenvalue weighted by Crippen LogP contribution is -1.94. The van der Waals surface area contributed by atoms with Crippen LogP contribution in [0.2, 0.25) is 0 Å². The molecule has 0 spiro atoms. The number of aromatic nitrogens is 2. The molecule has 0 bridgehead atoms. The fraction of sp³-hybridized carbons (Fsp3) is 0. The minimum Gasteiger partial charge on any atom is -0.309 e. The maximum absolute atomic E-state index is 13.8. The van der Waals surface area contributed by atoms with Crippen LogP contribution in [0.3, 0.4) is 0 Å². The van der Waals surface area contributed by atoms with Crippen molar-refractivity contribution in [2.45, 2.75) is 0 Å². The highest BCUT2D eigenvalue weighted by atomic mass is 19.1. The Morgan fingerprint density at radius 1 is 0.275 bits per heavy atom. The first kappa shape index (κ1) is 29.2. The maximum Gasteiger partial charge on any atom is 0.123 e. The summed E-state index contributed by atoms with van der Waals surface area (Å²) in [7, 11) is 0. The lowest BCUT2D eigenvalue weighted by Gasteiger charge is -2.11. The molecule has 8 aromatic carbocycles. The number of hydrogen-bond acceptors (Lipinski definition) is 0. The van der Waals surface area contributed by atoms with E-state index in [9.17, 15) is 4.39 Å². The average Bonchev–Trinajstić information content (AvgIpc) is 3.71. The van der Waals surface area contributed by atoms with E-state index >= 15 is 0 Å². The largest absolute Gasteiger partial charge is 0.309 e. The Labute approximate surface area is 294 Å². The summed E-state index contributed by atoms with van der Waals surface area (Å²) in [5, 5.41) is 4.78. The fourth-order valence-electron chi connectivity index (χ4n) is 7.76. The third kappa shape index (κ3) is 4.86. The number of halogens is 1. The fourth-order valence-corrected chi connectivity index (χ4v) is 7.76. The maximum atomic E-state index is 13.8. The number of benzene rings is 8. The standard InChI is InChI=1S/C48H31FN2/c49-38-23-25-39(26-24-38)50-45-15-6-4-13-41(45)43-30-36(21-27-47(43)50)37-22-28-48-44(31-37)42-14-5-7-16-46(42)51(48)40-12-8-11-35(29-40)34-19-17-33(18-20-34)32-9-2-1-3-10-32/h1-31H. The molecule has 0 aliphatic carbocycles. The summed E-state index contributed by atoms with van der Waals surface area (Å²) in [6.45, 7) is 0. The number of nitrogens with zero attached hydrogens (tertiary/aromatic N) is 2. The number of hydrogen-bond donors (Lipinski definition) is 0. The van der Waals surface area contributed by atoms with Crippen molar-refractivity contribution in [3.8, 4) is 44.8 Å². The van der Waals surface area contributed by atoms with Gasteiger partial charge >= 0.3 is 0 Å². The van der Waals surface area contributed by atoms with Gasteiger partial charge in [0, 0.05) is 32.9 Å². The molecular formula is C48H31FN2. The predicted octanol–water partition coefficient (Wildman–Crippen LogP) is 13.0. The molecule has 0 saturated heterocycles. The molecule has 0 saturated carbocycles. The first-order chi connectivity index (χ1) is 25.2. The van der Waals surface area contributed by atoms with Crippen molar-refractivity contribution in [2.75, 3.05) is 0 Å². The van der Waals surface area contributed by atoms with Crippen LogP contribution in [0.4, 0.5) is 4.39 Å². The molecule has 2 nitrogen and oxygen atoms in total. The van der Waals surface area contributed by atoms with Gasteiger partial charge in [0.25, 0.3) is 0 Å². The van der Waals surface area contributed by atoms with Crippen LogP contribution in [-0.2, 0) is 0 Å². The molecule has 51 heavy (non-hydrogen) atoms. The van der Waals surface area contributed by atoms with E-state index in [1.54, 1.807) is 0 Å². The summed E-state index contributed by atoms with van der Waals surface area (Å²) in [5.74, 6) is -0.236. The normalized spacial score (nSPS) is 11.6. The van der Waals surface area contributed by atoms with E-state index in [4.69, 9.17) is 0 Å². The highest BCUT2D eigenvalue weighted by Crippen LogP contribution is 2.39. The molecule has 0 amide bonds. The second kappa shape index (κ2) is 11.7. The van der Waals surface area contributed by atoms with Gasteiger partial charge in [-0.1, -0.05) is 115 Å². The summed E-state index contributed by atoms with van der Waals surface area (Å²) in [5.41, 5.74) is 13.8. The number of fused-ring (bicyclic) bond motifs is 6. The average molecular weight is 655 g/mol. The summed E-state index contributed by atoms with van der Waals surface area (Å²) < 4.78 is 18.4. The topological polar surface area (TPSA) is 9.86 Å². The minimum atomic E-state index is -0.236. The lowest BCUT2D eigenvalue weighted by atomic mass is 10.00. The van der Waals surface area contributed by atoms with Crippen molar-refractivity contribution >= 4 is 43.6 Å². The molecule has 240 valence electrons. The van der Waals surface area contributed by atoms with Crippen LogP contribution in [0.1, 0.15) is 0 Å². The zero-order chi connectivity index (χ0) is 33.9. The Morgan fingerprint density at radius 3 is 1.31 bits per heavy atom. The molecule has 0 fully saturated rings. The lowest BCUT2D eigenvalue weighted by molar-refractivity contribution is 0.627. The minimum absolute atomic E-state index is 0.236. The molecule has 0 aliphatic rings. The number of rotatable bonds is 5. The Kier molecular flexibility index (Phi) is 6.71. The Bertz CT molecular complexity index is 2900. The van der Waals surface area contributed by atoms with Crippen LogP contribution < -0.4 is 0 Å². The Morgan fingerprint density at radius 2 is 0.706 bits per heavy atom. The summed E-state index contributed by atoms with van der Waals surface area (Å²) in [6.07, 6.45) is 0. The summed E-state index contributed by atoms with van der Waals surface area (Å²) in [6, 6.07) is 65.6. The van der Waals surface area contributed by atoms with Gasteiger partial charge in [-0.05, 0) is 106 Å². The van der Waals surface area contributed by atoms with Gasteiger partial charge in [-0.2, -0.15) is 0 Å². The third-order valence-corrected chi connectivity index (χ3v) is 10.2. The molecule has 3 heteroatoms. The zero-order valence-corrected chi connectivity index (χ0v) is 27.7. The predicted molar refractivity (Wildman–Crippen MR) is 211 cm³/mol. The van der Waals surface area contributed by atoms with E-state index in [-0.39, 0.29) is 5.82 Å². The van der Waals surface area contributed by atoms with Crippen LogP contribution in [-0.4, -0.2) is 9.13 Å². The van der Waals surface area contributed by atoms with E-state index in [2.05, 4.69) is 173 Å². The van der Waals surface area contributed by atoms with Crippen LogP contribution in [0.25, 0.3) is 88.4 Å². The first-order valence-electron chi connectivity index (χ1n) is 17.3. The molecule has 0 N–H and O–H groups in total. The van der Waals surface area contributed by atoms with Gasteiger partial charge in [0.15, 0.2) is 0 Å². The second-order valence-electron chi connectivity index (χ2n) is 13.1. The van der Waals surface area contributed by atoms with Gasteiger partial charge < -0.3 is 9.13 Å². The molecule has 0 unspecified atom stereocenters. The number of para-hydroxylation sites is 2. The van der Waals surface area contributed by atoms with Gasteiger partial charge in [0.2, 0.25) is 0 Å². The molecule has 10 aromatic rings. The van der Waals surface area contributed by atoms with Crippen molar-refractivity contribution in [2.24, 2.45) is 0 Å². The van der Waals surface area contributed by atoms with E-state index in [0.29, 0.717) is 0 Å². The monoisotopic (exact) mass is 654 g/mol. The van der Waals surface area contributed by atoms with Crippen LogP contribution >= 0.6 is 0 Å². The van der Waals surface area contributed by atoms with Crippen molar-refractivity contribution in [3.05, 3.63) is 194 Å². The summed E-state index contributed by atoms with van der Waals surface area (Å²) >= 11 is 0. The smallest absolute Gasteiger partial charge is 0.123 e. The third-order valence-electron chi connectivity index (χ3n) is 10.2. The van der Waals surface area contributed by atoms with E-state index < -0.39 is 0 Å². The van der Waals surface area contributed by atoms with Crippen molar-refractivity contribution < 1.29 is 4.39 Å². The second-order valence-corrected chi connectivity index (χ2v) is 13.1. The molecule has 0 aliphatic heterocycles. The summed E-state index contributed by atoms with van der Waals surface area (Å²) in [4.78, 5) is 0. The van der Waals surface area contributed by atoms with Crippen LogP contribution in [0, 0.1) is 5.82 Å². The molecule has 2 heterocycles. The molecular weight excluding hydrogens is 624 g/mol. The SMILES string of the molecule is Fc1ccc(-n2c3ccccc3c3cc(-c4ccc5c(c4)c4ccccc4n5-c4cccc(-c5ccc(-c6ccccc6)cc5)c4)ccc32)cc1. The molecule has 0 atom stereocenters. The van der Waals surface area contributed by atoms with Crippen molar-refractivity contribution in [1.29, 1.82) is 0 Å². The van der Waals surface area contributed by atoms with Gasteiger partial charge in [-0.15, -0.1) is 0 Å². The van der Waals surface area contributed by atoms with Gasteiger partial charge in [-0.3, -0.25) is 0 Å². The zero-order valence-electron chi connectivity index (χ0n) is 27.7. The van der Waals surface area contributed by atoms with Gasteiger partial charge in [0.05, 0.1) is 22.1 Å².